The number of rotatable bonds is 42. The second-order valence-corrected chi connectivity index (χ2v) is 20.3. The van der Waals surface area contributed by atoms with Crippen molar-refractivity contribution in [2.45, 2.75) is 238 Å². The van der Waals surface area contributed by atoms with E-state index in [1.54, 1.807) is 30.3 Å². The van der Waals surface area contributed by atoms with Crippen LogP contribution in [-0.2, 0) is 25.5 Å². The molecule has 0 saturated carbocycles. The summed E-state index contributed by atoms with van der Waals surface area (Å²) in [6.07, 6.45) is 44.7. The lowest BCUT2D eigenvalue weighted by atomic mass is 10.0. The van der Waals surface area contributed by atoms with Crippen molar-refractivity contribution in [2.24, 2.45) is 0 Å². The number of amides is 2. The molecule has 11 heteroatoms. The molecule has 0 unspecified atom stereocenters. The maximum Gasteiger partial charge on any atom is 0.219 e. The molecule has 0 aromatic heterocycles. The van der Waals surface area contributed by atoms with Gasteiger partial charge >= 0.3 is 0 Å². The van der Waals surface area contributed by atoms with Crippen LogP contribution in [0, 0.1) is 0 Å². The molecule has 64 heavy (non-hydrogen) atoms. The van der Waals surface area contributed by atoms with Gasteiger partial charge in [-0.1, -0.05) is 224 Å². The zero-order valence-corrected chi connectivity index (χ0v) is 44.4. The van der Waals surface area contributed by atoms with Crippen LogP contribution in [0.1, 0.15) is 238 Å². The van der Waals surface area contributed by atoms with Crippen LogP contribution in [0.25, 0.3) is 0 Å². The van der Waals surface area contributed by atoms with Gasteiger partial charge < -0.3 is 37.4 Å². The summed E-state index contributed by atoms with van der Waals surface area (Å²) in [5.41, 5.74) is 0.530. The van der Waals surface area contributed by atoms with Crippen molar-refractivity contribution in [3.63, 3.8) is 0 Å². The zero-order chi connectivity index (χ0) is 46.9. The van der Waals surface area contributed by atoms with E-state index in [1.807, 2.05) is 0 Å². The smallest absolute Gasteiger partial charge is 0.219 e. The van der Waals surface area contributed by atoms with Gasteiger partial charge in [0.05, 0.1) is 57.2 Å². The maximum atomic E-state index is 11.7. The van der Waals surface area contributed by atoms with Gasteiger partial charge in [0.1, 0.15) is 0 Å². The van der Waals surface area contributed by atoms with E-state index in [4.69, 9.17) is 0 Å². The molecule has 380 valence electrons. The average Bonchev–Trinajstić information content (AvgIpc) is 3.24. The molecule has 0 saturated heterocycles. The third-order valence-corrected chi connectivity index (χ3v) is 12.2. The van der Waals surface area contributed by atoms with Gasteiger partial charge in [-0.15, -0.1) is 0 Å². The fraction of sp³-hybridized carbons (Fsp3) is 0.849. The van der Waals surface area contributed by atoms with Crippen LogP contribution in [-0.4, -0.2) is 79.2 Å². The fourth-order valence-electron chi connectivity index (χ4n) is 7.61. The van der Waals surface area contributed by atoms with Crippen LogP contribution < -0.4 is 32.8 Å². The molecule has 1 rings (SSSR count). The Morgan fingerprint density at radius 1 is 0.453 bits per heavy atom. The average molecular weight is 946 g/mol. The van der Waals surface area contributed by atoms with Crippen molar-refractivity contribution >= 4 is 21.9 Å². The van der Waals surface area contributed by atoms with E-state index in [0.29, 0.717) is 18.4 Å². The van der Waals surface area contributed by atoms with Crippen molar-refractivity contribution in [3.8, 4) is 0 Å². The molecule has 0 spiro atoms. The van der Waals surface area contributed by atoms with Crippen LogP contribution in [0.15, 0.2) is 30.3 Å². The molecule has 0 radical (unpaired) electrons. The SMILES string of the molecule is CCCCCCCCCCCCCCCCCC(=O)NCCC[NH+](C)C.CCCCCCCCCCCCCCCCCC(=O)NCCC[NH+](C)C.O=S(=O)([O-])Cc1ccccc1.[Cl-]. The monoisotopic (exact) mass is 945 g/mol. The highest BCUT2D eigenvalue weighted by atomic mass is 35.5. The van der Waals surface area contributed by atoms with Gasteiger partial charge in [0.2, 0.25) is 11.8 Å². The summed E-state index contributed by atoms with van der Waals surface area (Å²) in [7, 11) is 4.47. The first kappa shape index (κ1) is 66.6. The highest BCUT2D eigenvalue weighted by Crippen LogP contribution is 2.15. The number of carbonyl (C=O) groups is 2. The number of benzene rings is 1. The van der Waals surface area contributed by atoms with Crippen molar-refractivity contribution in [1.29, 1.82) is 0 Å². The normalized spacial score (nSPS) is 11.1. The molecule has 0 aliphatic heterocycles. The summed E-state index contributed by atoms with van der Waals surface area (Å²) in [6, 6.07) is 8.37. The van der Waals surface area contributed by atoms with Gasteiger partial charge in [-0.3, -0.25) is 9.59 Å². The summed E-state index contributed by atoms with van der Waals surface area (Å²) >= 11 is 0. The molecule has 0 aliphatic rings. The molecule has 0 atom stereocenters. The third kappa shape index (κ3) is 60.3. The van der Waals surface area contributed by atoms with Crippen LogP contribution in [0.2, 0.25) is 0 Å². The number of hydrogen-bond acceptors (Lipinski definition) is 5. The van der Waals surface area contributed by atoms with E-state index in [1.165, 1.54) is 190 Å². The quantitative estimate of drug-likeness (QED) is 0.0399. The highest BCUT2D eigenvalue weighted by Gasteiger charge is 2.03. The lowest BCUT2D eigenvalue weighted by Gasteiger charge is -2.08. The Morgan fingerprint density at radius 3 is 0.969 bits per heavy atom. The van der Waals surface area contributed by atoms with Crippen LogP contribution in [0.5, 0.6) is 0 Å². The van der Waals surface area contributed by atoms with E-state index >= 15 is 0 Å². The predicted octanol–water partition coefficient (Wildman–Crippen LogP) is 7.53. The number of nitrogens with one attached hydrogen (secondary N) is 4. The van der Waals surface area contributed by atoms with Crippen molar-refractivity contribution in [2.75, 3.05) is 54.4 Å². The van der Waals surface area contributed by atoms with Crippen LogP contribution in [0.3, 0.4) is 0 Å². The van der Waals surface area contributed by atoms with Gasteiger partial charge in [-0.2, -0.15) is 0 Å². The van der Waals surface area contributed by atoms with E-state index in [0.717, 1.165) is 51.9 Å². The molecule has 1 aromatic rings. The minimum atomic E-state index is -4.13. The van der Waals surface area contributed by atoms with Gasteiger partial charge in [-0.25, -0.2) is 8.42 Å². The lowest BCUT2D eigenvalue weighted by Crippen LogP contribution is -3.05. The minimum absolute atomic E-state index is 0. The number of hydrogen-bond donors (Lipinski definition) is 4. The predicted molar refractivity (Wildman–Crippen MR) is 270 cm³/mol. The summed E-state index contributed by atoms with van der Waals surface area (Å²) in [6.45, 7) is 8.49. The first-order valence-corrected chi connectivity index (χ1v) is 28.1. The number of unbranched alkanes of at least 4 members (excludes halogenated alkanes) is 28. The Kier molecular flexibility index (Phi) is 54.3. The molecule has 4 N–H and O–H groups in total. The molecule has 1 aromatic carbocycles. The highest BCUT2D eigenvalue weighted by molar-refractivity contribution is 7.84. The molecule has 0 fully saturated rings. The van der Waals surface area contributed by atoms with Crippen LogP contribution in [0.4, 0.5) is 0 Å². The summed E-state index contributed by atoms with van der Waals surface area (Å²) < 4.78 is 30.7. The van der Waals surface area contributed by atoms with Crippen molar-refractivity contribution in [1.82, 2.24) is 10.6 Å². The first-order chi connectivity index (χ1) is 30.4. The molecular weight excluding hydrogens is 840 g/mol. The van der Waals surface area contributed by atoms with E-state index < -0.39 is 15.9 Å². The number of quaternary nitrogens is 2. The lowest BCUT2D eigenvalue weighted by molar-refractivity contribution is -0.858. The molecule has 2 amide bonds. The van der Waals surface area contributed by atoms with Gasteiger partial charge in [-0.05, 0) is 18.4 Å². The standard InChI is InChI=1S/2C23H48N2O.C7H8O3S.ClH/c2*1-4-5-6-7-8-9-10-11-12-13-14-15-16-17-18-20-23(26)24-21-19-22-25(2)3;8-11(9,10)6-7-4-2-1-3-5-7;/h2*4-22H2,1-3H3,(H,24,26);1-5H,6H2,(H,8,9,10);1H. The molecule has 0 aliphatic carbocycles. The van der Waals surface area contributed by atoms with Crippen molar-refractivity contribution < 1.29 is 44.8 Å². The number of halogens is 1. The Hall–Kier alpha value is -1.72. The summed E-state index contributed by atoms with van der Waals surface area (Å²) in [5, 5.41) is 6.07. The Balaban J connectivity index is -0.000000929. The third-order valence-electron chi connectivity index (χ3n) is 11.6. The maximum absolute atomic E-state index is 11.7. The molecule has 0 heterocycles. The zero-order valence-electron chi connectivity index (χ0n) is 42.8. The molecular formula is C53H105ClN4O5S. The molecule has 0 bridgehead atoms. The summed E-state index contributed by atoms with van der Waals surface area (Å²) in [4.78, 5) is 26.3. The number of carbonyl (C=O) groups excluding carboxylic acids is 2. The van der Waals surface area contributed by atoms with Gasteiger partial charge in [0.15, 0.2) is 0 Å². The van der Waals surface area contributed by atoms with E-state index in [9.17, 15) is 22.6 Å². The Bertz CT molecular complexity index is 1150. The largest absolute Gasteiger partial charge is 1.00 e. The van der Waals surface area contributed by atoms with Gasteiger partial charge in [0.25, 0.3) is 0 Å². The van der Waals surface area contributed by atoms with Gasteiger partial charge in [0, 0.05) is 38.8 Å². The fourth-order valence-corrected chi connectivity index (χ4v) is 8.21. The second kappa shape index (κ2) is 52.3. The Labute approximate surface area is 403 Å². The van der Waals surface area contributed by atoms with Crippen LogP contribution >= 0.6 is 0 Å². The topological polar surface area (TPSA) is 124 Å². The van der Waals surface area contributed by atoms with E-state index in [2.05, 4.69) is 52.7 Å². The van der Waals surface area contributed by atoms with Crippen molar-refractivity contribution in [3.05, 3.63) is 35.9 Å². The van der Waals surface area contributed by atoms with E-state index in [-0.39, 0.29) is 24.2 Å². The Morgan fingerprint density at radius 2 is 0.719 bits per heavy atom. The summed E-state index contributed by atoms with van der Waals surface area (Å²) in [5.74, 6) is 0.0651. The first-order valence-electron chi connectivity index (χ1n) is 26.5. The minimum Gasteiger partial charge on any atom is -1.00 e. The molecule has 9 nitrogen and oxygen atoms in total. The second-order valence-electron chi connectivity index (χ2n) is 18.9.